The summed E-state index contributed by atoms with van der Waals surface area (Å²) in [5.74, 6) is -0.910. The Labute approximate surface area is 224 Å². The molecule has 2 atom stereocenters. The van der Waals surface area contributed by atoms with Crippen molar-refractivity contribution >= 4 is 39.3 Å². The highest BCUT2D eigenvalue weighted by Crippen LogP contribution is 2.48. The number of phenols is 1. The Hall–Kier alpha value is -2.77. The first-order chi connectivity index (χ1) is 17.2. The quantitative estimate of drug-likeness (QED) is 0.366. The van der Waals surface area contributed by atoms with Crippen molar-refractivity contribution < 1.29 is 24.2 Å². The summed E-state index contributed by atoms with van der Waals surface area (Å²) < 4.78 is 11.6. The summed E-state index contributed by atoms with van der Waals surface area (Å²) in [6, 6.07) is 11.0. The number of allylic oxidation sites excluding steroid dienone is 3. The first-order valence-electron chi connectivity index (χ1n) is 12.1. The first-order valence-corrected chi connectivity index (χ1v) is 13.2. The van der Waals surface area contributed by atoms with Crippen molar-refractivity contribution in [3.05, 3.63) is 79.6 Å². The molecule has 0 radical (unpaired) electrons. The molecule has 0 aromatic heterocycles. The Kier molecular flexibility index (Phi) is 8.10. The van der Waals surface area contributed by atoms with E-state index < -0.39 is 11.9 Å². The number of aromatic hydroxyl groups is 1. The third-order valence-electron chi connectivity index (χ3n) is 6.51. The summed E-state index contributed by atoms with van der Waals surface area (Å²) in [5, 5.41) is 14.5. The van der Waals surface area contributed by atoms with Crippen molar-refractivity contribution in [3.8, 4) is 11.5 Å². The van der Waals surface area contributed by atoms with Crippen LogP contribution in [0.25, 0.3) is 0 Å². The van der Waals surface area contributed by atoms with Crippen LogP contribution in [0.1, 0.15) is 63.0 Å². The molecule has 1 aliphatic carbocycles. The maximum absolute atomic E-state index is 13.7. The Morgan fingerprint density at radius 3 is 2.56 bits per heavy atom. The summed E-state index contributed by atoms with van der Waals surface area (Å²) in [4.78, 5) is 27.0. The molecule has 1 aliphatic heterocycles. The average molecular weight is 575 g/mol. The number of benzene rings is 2. The Morgan fingerprint density at radius 2 is 1.89 bits per heavy atom. The Bertz CT molecular complexity index is 1250. The number of ketones is 1. The van der Waals surface area contributed by atoms with Crippen molar-refractivity contribution in [3.63, 3.8) is 0 Å². The predicted octanol–water partition coefficient (Wildman–Crippen LogP) is 6.52. The van der Waals surface area contributed by atoms with E-state index in [1.54, 1.807) is 12.1 Å². The lowest BCUT2D eigenvalue weighted by Gasteiger charge is -2.37. The fourth-order valence-electron chi connectivity index (χ4n) is 4.91. The zero-order valence-corrected chi connectivity index (χ0v) is 22.8. The Morgan fingerprint density at radius 1 is 1.17 bits per heavy atom. The number of esters is 1. The van der Waals surface area contributed by atoms with E-state index in [4.69, 9.17) is 21.1 Å². The van der Waals surface area contributed by atoms with Gasteiger partial charge >= 0.3 is 5.97 Å². The molecule has 2 aromatic carbocycles. The molecule has 6 nitrogen and oxygen atoms in total. The van der Waals surface area contributed by atoms with Gasteiger partial charge < -0.3 is 19.9 Å². The van der Waals surface area contributed by atoms with Crippen LogP contribution in [-0.4, -0.2) is 30.1 Å². The molecule has 8 heteroatoms. The van der Waals surface area contributed by atoms with Crippen LogP contribution in [0.2, 0.25) is 5.02 Å². The SMILES string of the molecule is CCCOC(=O)C1=C(C)NC2=C(C(=O)C[C@H](c3ccc(Cl)cc3)C2)[C@@H]1c1cc(Br)c(O)c(OCC)c1. The van der Waals surface area contributed by atoms with Crippen molar-refractivity contribution in [1.29, 1.82) is 0 Å². The molecule has 4 rings (SSSR count). The summed E-state index contributed by atoms with van der Waals surface area (Å²) in [6.07, 6.45) is 1.61. The molecule has 0 amide bonds. The van der Waals surface area contributed by atoms with Crippen LogP contribution < -0.4 is 10.1 Å². The standard InChI is InChI=1S/C28H29BrClNO5/c1-4-10-36-28(34)24-15(3)31-21-12-17(16-6-8-19(30)9-7-16)13-22(32)26(21)25(24)18-11-20(29)27(33)23(14-18)35-5-2/h6-9,11,14,17,25,31,33H,4-5,10,12-13H2,1-3H3/t17-,25-/m1/s1. The number of hydrogen-bond acceptors (Lipinski definition) is 6. The van der Waals surface area contributed by atoms with Gasteiger partial charge in [0.25, 0.3) is 0 Å². The van der Waals surface area contributed by atoms with Gasteiger partial charge in [0.15, 0.2) is 17.3 Å². The summed E-state index contributed by atoms with van der Waals surface area (Å²) >= 11 is 9.47. The smallest absolute Gasteiger partial charge is 0.336 e. The lowest BCUT2D eigenvalue weighted by atomic mass is 9.71. The number of phenolic OH excluding ortho intramolecular Hbond substituents is 1. The van der Waals surface area contributed by atoms with Crippen molar-refractivity contribution in [2.24, 2.45) is 0 Å². The summed E-state index contributed by atoms with van der Waals surface area (Å²) in [7, 11) is 0. The van der Waals surface area contributed by atoms with E-state index in [0.717, 1.165) is 11.3 Å². The fraction of sp³-hybridized carbons (Fsp3) is 0.357. The molecule has 0 saturated heterocycles. The lowest BCUT2D eigenvalue weighted by molar-refractivity contribution is -0.139. The number of dihydropyridines is 1. The molecule has 0 spiro atoms. The van der Waals surface area contributed by atoms with Crippen LogP contribution in [0.3, 0.4) is 0 Å². The molecule has 2 N–H and O–H groups in total. The molecule has 1 heterocycles. The van der Waals surface area contributed by atoms with Gasteiger partial charge in [0, 0.05) is 34.3 Å². The van der Waals surface area contributed by atoms with Gasteiger partial charge in [-0.1, -0.05) is 30.7 Å². The second-order valence-electron chi connectivity index (χ2n) is 8.99. The van der Waals surface area contributed by atoms with Crippen molar-refractivity contribution in [1.82, 2.24) is 5.32 Å². The minimum Gasteiger partial charge on any atom is -0.503 e. The van der Waals surface area contributed by atoms with Crippen molar-refractivity contribution in [2.45, 2.75) is 51.9 Å². The average Bonchev–Trinajstić information content (AvgIpc) is 2.84. The molecule has 0 saturated carbocycles. The molecular formula is C28H29BrClNO5. The van der Waals surface area contributed by atoms with Crippen LogP contribution in [0.5, 0.6) is 11.5 Å². The molecular weight excluding hydrogens is 546 g/mol. The van der Waals surface area contributed by atoms with E-state index in [9.17, 15) is 14.7 Å². The topological polar surface area (TPSA) is 84.9 Å². The van der Waals surface area contributed by atoms with Crippen LogP contribution in [0.15, 0.2) is 63.4 Å². The summed E-state index contributed by atoms with van der Waals surface area (Å²) in [5.41, 5.74) is 4.08. The van der Waals surface area contributed by atoms with E-state index in [-0.39, 0.29) is 29.8 Å². The molecule has 2 aliphatic rings. The minimum absolute atomic E-state index is 0.00593. The van der Waals surface area contributed by atoms with Gasteiger partial charge in [-0.25, -0.2) is 4.79 Å². The highest BCUT2D eigenvalue weighted by Gasteiger charge is 2.42. The monoisotopic (exact) mass is 573 g/mol. The fourth-order valence-corrected chi connectivity index (χ4v) is 5.50. The molecule has 190 valence electrons. The maximum atomic E-state index is 13.7. The van der Waals surface area contributed by atoms with E-state index in [1.807, 2.05) is 45.0 Å². The number of ether oxygens (including phenoxy) is 2. The van der Waals surface area contributed by atoms with E-state index >= 15 is 0 Å². The number of carbonyl (C=O) groups excluding carboxylic acids is 2. The zero-order valence-electron chi connectivity index (χ0n) is 20.5. The maximum Gasteiger partial charge on any atom is 0.336 e. The Balaban J connectivity index is 1.83. The second-order valence-corrected chi connectivity index (χ2v) is 10.3. The van der Waals surface area contributed by atoms with Crippen LogP contribution in [0, 0.1) is 0 Å². The number of carbonyl (C=O) groups is 2. The second kappa shape index (κ2) is 11.1. The van der Waals surface area contributed by atoms with Gasteiger partial charge in [-0.05, 0) is 83.9 Å². The molecule has 36 heavy (non-hydrogen) atoms. The van der Waals surface area contributed by atoms with Gasteiger partial charge in [0.1, 0.15) is 0 Å². The highest BCUT2D eigenvalue weighted by molar-refractivity contribution is 9.10. The number of hydrogen-bond donors (Lipinski definition) is 2. The lowest BCUT2D eigenvalue weighted by Crippen LogP contribution is -2.36. The van der Waals surface area contributed by atoms with Crippen LogP contribution in [0.4, 0.5) is 0 Å². The predicted molar refractivity (Wildman–Crippen MR) is 142 cm³/mol. The molecule has 2 aromatic rings. The number of Topliss-reactive ketones (excluding diaryl/α,β-unsaturated/α-hetero) is 1. The normalized spacial score (nSPS) is 19.6. The van der Waals surface area contributed by atoms with Crippen LogP contribution >= 0.6 is 27.5 Å². The van der Waals surface area contributed by atoms with Gasteiger partial charge in [0.2, 0.25) is 0 Å². The minimum atomic E-state index is -0.652. The van der Waals surface area contributed by atoms with Crippen molar-refractivity contribution in [2.75, 3.05) is 13.2 Å². The van der Waals surface area contributed by atoms with Gasteiger partial charge in [-0.15, -0.1) is 0 Å². The number of nitrogens with one attached hydrogen (secondary N) is 1. The van der Waals surface area contributed by atoms with Gasteiger partial charge in [0.05, 0.1) is 23.3 Å². The molecule has 0 bridgehead atoms. The third-order valence-corrected chi connectivity index (χ3v) is 7.37. The molecule has 0 unspecified atom stereocenters. The van der Waals surface area contributed by atoms with E-state index in [1.165, 1.54) is 0 Å². The van der Waals surface area contributed by atoms with Gasteiger partial charge in [-0.2, -0.15) is 0 Å². The largest absolute Gasteiger partial charge is 0.503 e. The van der Waals surface area contributed by atoms with E-state index in [2.05, 4.69) is 21.2 Å². The summed E-state index contributed by atoms with van der Waals surface area (Å²) in [6.45, 7) is 6.22. The zero-order chi connectivity index (χ0) is 26.0. The first kappa shape index (κ1) is 26.3. The van der Waals surface area contributed by atoms with Gasteiger partial charge in [-0.3, -0.25) is 4.79 Å². The third kappa shape index (κ3) is 5.18. The molecule has 0 fully saturated rings. The van der Waals surface area contributed by atoms with Crippen LogP contribution in [-0.2, 0) is 14.3 Å². The van der Waals surface area contributed by atoms with E-state index in [0.29, 0.717) is 57.8 Å². The number of rotatable bonds is 7. The number of halogens is 2. The highest BCUT2D eigenvalue weighted by atomic mass is 79.9.